The number of benzene rings is 1. The second-order valence-corrected chi connectivity index (χ2v) is 5.24. The van der Waals surface area contributed by atoms with Gasteiger partial charge >= 0.3 is 0 Å². The van der Waals surface area contributed by atoms with Crippen molar-refractivity contribution in [2.24, 2.45) is 0 Å². The van der Waals surface area contributed by atoms with Crippen molar-refractivity contribution in [3.63, 3.8) is 0 Å². The summed E-state index contributed by atoms with van der Waals surface area (Å²) in [5, 5.41) is 0. The van der Waals surface area contributed by atoms with E-state index in [1.54, 1.807) is 0 Å². The van der Waals surface area contributed by atoms with E-state index < -0.39 is 0 Å². The van der Waals surface area contributed by atoms with E-state index in [4.69, 9.17) is 0 Å². The van der Waals surface area contributed by atoms with Crippen LogP contribution in [0.3, 0.4) is 0 Å². The first-order valence-corrected chi connectivity index (χ1v) is 6.88. The van der Waals surface area contributed by atoms with Crippen molar-refractivity contribution in [2.45, 2.75) is 37.5 Å². The normalized spacial score (nSPS) is 18.4. The molecule has 0 N–H and O–H groups in total. The van der Waals surface area contributed by atoms with Gasteiger partial charge in [-0.1, -0.05) is 49.6 Å². The molecule has 1 saturated carbocycles. The third-order valence-corrected chi connectivity index (χ3v) is 4.27. The van der Waals surface area contributed by atoms with Crippen LogP contribution in [0.5, 0.6) is 0 Å². The summed E-state index contributed by atoms with van der Waals surface area (Å²) in [6.45, 7) is 0. The molecule has 0 bridgehead atoms. The minimum Gasteiger partial charge on any atom is -0.265 e. The zero-order chi connectivity index (χ0) is 12.3. The number of nitrogens with zero attached hydrogens (tertiary/aromatic N) is 1. The summed E-state index contributed by atoms with van der Waals surface area (Å²) in [7, 11) is 0. The molecule has 3 rings (SSSR count). The van der Waals surface area contributed by atoms with Gasteiger partial charge < -0.3 is 0 Å². The molecular formula is C17H19N. The fraction of sp³-hybridized carbons (Fsp3) is 0.353. The van der Waals surface area contributed by atoms with Gasteiger partial charge in [0, 0.05) is 17.8 Å². The molecule has 1 aliphatic carbocycles. The van der Waals surface area contributed by atoms with Gasteiger partial charge in [-0.2, -0.15) is 0 Å². The molecule has 1 aromatic heterocycles. The molecule has 1 aliphatic rings. The van der Waals surface area contributed by atoms with E-state index in [1.165, 1.54) is 43.2 Å². The molecule has 0 amide bonds. The van der Waals surface area contributed by atoms with Crippen LogP contribution in [0.4, 0.5) is 0 Å². The molecule has 2 aromatic rings. The van der Waals surface area contributed by atoms with Crippen molar-refractivity contribution >= 4 is 0 Å². The van der Waals surface area contributed by atoms with E-state index in [1.807, 2.05) is 12.4 Å². The Balaban J connectivity index is 2.10. The van der Waals surface area contributed by atoms with Gasteiger partial charge in [0.25, 0.3) is 0 Å². The van der Waals surface area contributed by atoms with Gasteiger partial charge in [0.2, 0.25) is 0 Å². The van der Waals surface area contributed by atoms with E-state index in [-0.39, 0.29) is 5.41 Å². The van der Waals surface area contributed by atoms with Crippen LogP contribution in [0, 0.1) is 0 Å². The molecule has 0 unspecified atom stereocenters. The fourth-order valence-electron chi connectivity index (χ4n) is 3.33. The number of hydrogen-bond donors (Lipinski definition) is 0. The van der Waals surface area contributed by atoms with Gasteiger partial charge in [0.05, 0.1) is 0 Å². The summed E-state index contributed by atoms with van der Waals surface area (Å²) in [5.41, 5.74) is 3.13. The first-order chi connectivity index (χ1) is 8.92. The van der Waals surface area contributed by atoms with Gasteiger partial charge in [-0.25, -0.2) is 0 Å². The van der Waals surface area contributed by atoms with Crippen LogP contribution in [-0.4, -0.2) is 4.98 Å². The van der Waals surface area contributed by atoms with Crippen LogP contribution >= 0.6 is 0 Å². The van der Waals surface area contributed by atoms with Crippen LogP contribution in [0.1, 0.15) is 43.2 Å². The summed E-state index contributed by atoms with van der Waals surface area (Å²) in [4.78, 5) is 4.16. The summed E-state index contributed by atoms with van der Waals surface area (Å²) in [6.07, 6.45) is 10.4. The smallest absolute Gasteiger partial charge is 0.0270 e. The van der Waals surface area contributed by atoms with E-state index in [9.17, 15) is 0 Å². The molecule has 18 heavy (non-hydrogen) atoms. The lowest BCUT2D eigenvalue weighted by Crippen LogP contribution is -2.30. The minimum absolute atomic E-state index is 0.225. The Morgan fingerprint density at radius 2 is 1.33 bits per heavy atom. The molecule has 92 valence electrons. The quantitative estimate of drug-likeness (QED) is 0.757. The lowest BCUT2D eigenvalue weighted by atomic mass is 9.65. The average Bonchev–Trinajstić information content (AvgIpc) is 2.50. The molecule has 0 aliphatic heterocycles. The third-order valence-electron chi connectivity index (χ3n) is 4.27. The van der Waals surface area contributed by atoms with Crippen molar-refractivity contribution in [1.29, 1.82) is 0 Å². The second-order valence-electron chi connectivity index (χ2n) is 5.24. The minimum atomic E-state index is 0.225. The third kappa shape index (κ3) is 1.94. The highest BCUT2D eigenvalue weighted by Gasteiger charge is 2.35. The molecule has 1 heteroatoms. The van der Waals surface area contributed by atoms with Crippen LogP contribution in [-0.2, 0) is 5.41 Å². The van der Waals surface area contributed by atoms with Gasteiger partial charge in [-0.05, 0) is 36.1 Å². The predicted octanol–water partition coefficient (Wildman–Crippen LogP) is 4.33. The zero-order valence-corrected chi connectivity index (χ0v) is 10.7. The lowest BCUT2D eigenvalue weighted by Gasteiger charge is -2.38. The first kappa shape index (κ1) is 11.5. The Morgan fingerprint density at radius 1 is 0.722 bits per heavy atom. The maximum atomic E-state index is 4.16. The average molecular weight is 237 g/mol. The van der Waals surface area contributed by atoms with Crippen LogP contribution in [0.15, 0.2) is 54.9 Å². The molecule has 1 nitrogen and oxygen atoms in total. The Kier molecular flexibility index (Phi) is 3.14. The largest absolute Gasteiger partial charge is 0.265 e. The van der Waals surface area contributed by atoms with Crippen LogP contribution in [0.2, 0.25) is 0 Å². The van der Waals surface area contributed by atoms with Gasteiger partial charge in [0.1, 0.15) is 0 Å². The molecule has 0 saturated heterocycles. The monoisotopic (exact) mass is 237 g/mol. The number of pyridine rings is 1. The van der Waals surface area contributed by atoms with Crippen LogP contribution < -0.4 is 0 Å². The molecule has 1 aromatic carbocycles. The Morgan fingerprint density at radius 3 is 2.00 bits per heavy atom. The SMILES string of the molecule is c1ccc(C2(c3ccncc3)CCCCC2)cc1. The van der Waals surface area contributed by atoms with Gasteiger partial charge in [-0.15, -0.1) is 0 Å². The highest BCUT2D eigenvalue weighted by Crippen LogP contribution is 2.44. The van der Waals surface area contributed by atoms with Crippen molar-refractivity contribution < 1.29 is 0 Å². The second kappa shape index (κ2) is 4.93. The number of hydrogen-bond acceptors (Lipinski definition) is 1. The summed E-state index contributed by atoms with van der Waals surface area (Å²) < 4.78 is 0. The van der Waals surface area contributed by atoms with E-state index in [0.29, 0.717) is 0 Å². The standard InChI is InChI=1S/C17H19N/c1-3-7-15(8-4-1)17(11-5-2-6-12-17)16-9-13-18-14-10-16/h1,3-4,7-10,13-14H,2,5-6,11-12H2. The zero-order valence-electron chi connectivity index (χ0n) is 10.7. The molecule has 0 atom stereocenters. The highest BCUT2D eigenvalue weighted by atomic mass is 14.6. The van der Waals surface area contributed by atoms with Crippen molar-refractivity contribution in [3.8, 4) is 0 Å². The number of rotatable bonds is 2. The maximum absolute atomic E-state index is 4.16. The maximum Gasteiger partial charge on any atom is 0.0270 e. The fourth-order valence-corrected chi connectivity index (χ4v) is 3.33. The van der Waals surface area contributed by atoms with Crippen molar-refractivity contribution in [2.75, 3.05) is 0 Å². The Labute approximate surface area is 109 Å². The molecule has 1 heterocycles. The Hall–Kier alpha value is -1.63. The molecular weight excluding hydrogens is 218 g/mol. The van der Waals surface area contributed by atoms with Gasteiger partial charge in [0.15, 0.2) is 0 Å². The number of aromatic nitrogens is 1. The summed E-state index contributed by atoms with van der Waals surface area (Å²) >= 11 is 0. The van der Waals surface area contributed by atoms with E-state index in [2.05, 4.69) is 47.4 Å². The highest BCUT2D eigenvalue weighted by molar-refractivity contribution is 5.38. The topological polar surface area (TPSA) is 12.9 Å². The van der Waals surface area contributed by atoms with Crippen LogP contribution in [0.25, 0.3) is 0 Å². The summed E-state index contributed by atoms with van der Waals surface area (Å²) in [6, 6.07) is 15.4. The lowest BCUT2D eigenvalue weighted by molar-refractivity contribution is 0.346. The molecule has 0 spiro atoms. The predicted molar refractivity (Wildman–Crippen MR) is 74.5 cm³/mol. The van der Waals surface area contributed by atoms with Gasteiger partial charge in [-0.3, -0.25) is 4.98 Å². The summed E-state index contributed by atoms with van der Waals surface area (Å²) in [5.74, 6) is 0. The van der Waals surface area contributed by atoms with E-state index >= 15 is 0 Å². The Bertz CT molecular complexity index is 442. The van der Waals surface area contributed by atoms with Crippen molar-refractivity contribution in [3.05, 3.63) is 66.0 Å². The molecule has 0 radical (unpaired) electrons. The van der Waals surface area contributed by atoms with E-state index in [0.717, 1.165) is 0 Å². The first-order valence-electron chi connectivity index (χ1n) is 6.88. The van der Waals surface area contributed by atoms with Crippen molar-refractivity contribution in [1.82, 2.24) is 4.98 Å². The molecule has 1 fully saturated rings.